The third-order valence-electron chi connectivity index (χ3n) is 4.56. The summed E-state index contributed by atoms with van der Waals surface area (Å²) in [4.78, 5) is 27.2. The van der Waals surface area contributed by atoms with Gasteiger partial charge in [0.25, 0.3) is 5.91 Å². The van der Waals surface area contributed by atoms with Crippen LogP contribution in [0.3, 0.4) is 0 Å². The van der Waals surface area contributed by atoms with Crippen LogP contribution in [0.25, 0.3) is 11.0 Å². The summed E-state index contributed by atoms with van der Waals surface area (Å²) >= 11 is 3.34. The van der Waals surface area contributed by atoms with Gasteiger partial charge >= 0.3 is 0 Å². The topological polar surface area (TPSA) is 72.9 Å². The number of rotatable bonds is 5. The number of benzene rings is 1. The van der Waals surface area contributed by atoms with Crippen molar-refractivity contribution in [2.45, 2.75) is 25.5 Å². The maximum atomic E-state index is 13.1. The standard InChI is InChI=1S/C20H18BrNO5/c21-13-5-6-18-16(9-13)17(23)10-19(27-18)20(24)22(11-14-3-1-7-25-14)12-15-4-2-8-26-15/h1,3,5-7,9-10,15H,2,4,8,11-12H2. The van der Waals surface area contributed by atoms with Crippen molar-refractivity contribution in [2.24, 2.45) is 0 Å². The summed E-state index contributed by atoms with van der Waals surface area (Å²) in [6, 6.07) is 9.97. The van der Waals surface area contributed by atoms with Crippen LogP contribution in [-0.4, -0.2) is 30.1 Å². The molecule has 1 aliphatic heterocycles. The molecule has 0 aliphatic carbocycles. The first kappa shape index (κ1) is 18.0. The van der Waals surface area contributed by atoms with Crippen molar-refractivity contribution in [3.05, 3.63) is 68.9 Å². The number of carbonyl (C=O) groups is 1. The molecule has 1 amide bonds. The van der Waals surface area contributed by atoms with E-state index in [2.05, 4.69) is 15.9 Å². The van der Waals surface area contributed by atoms with Crippen LogP contribution in [-0.2, 0) is 11.3 Å². The second kappa shape index (κ2) is 7.70. The van der Waals surface area contributed by atoms with Crippen LogP contribution in [0.4, 0.5) is 0 Å². The third-order valence-corrected chi connectivity index (χ3v) is 5.06. The van der Waals surface area contributed by atoms with Crippen molar-refractivity contribution < 1.29 is 18.4 Å². The van der Waals surface area contributed by atoms with Crippen molar-refractivity contribution in [1.29, 1.82) is 0 Å². The minimum absolute atomic E-state index is 0.0133. The van der Waals surface area contributed by atoms with E-state index in [4.69, 9.17) is 13.6 Å². The lowest BCUT2D eigenvalue weighted by Crippen LogP contribution is -2.37. The lowest BCUT2D eigenvalue weighted by atomic mass is 10.2. The van der Waals surface area contributed by atoms with Crippen LogP contribution in [0.5, 0.6) is 0 Å². The predicted octanol–water partition coefficient (Wildman–Crippen LogP) is 3.97. The van der Waals surface area contributed by atoms with Gasteiger partial charge in [0.05, 0.1) is 24.3 Å². The summed E-state index contributed by atoms with van der Waals surface area (Å²) in [5.41, 5.74) is 0.125. The molecule has 1 fully saturated rings. The average Bonchev–Trinajstić information content (AvgIpc) is 3.35. The number of hydrogen-bond acceptors (Lipinski definition) is 5. The Morgan fingerprint density at radius 2 is 2.15 bits per heavy atom. The van der Waals surface area contributed by atoms with Gasteiger partial charge in [-0.15, -0.1) is 0 Å². The Balaban J connectivity index is 1.66. The fourth-order valence-corrected chi connectivity index (χ4v) is 3.59. The summed E-state index contributed by atoms with van der Waals surface area (Å²) in [7, 11) is 0. The largest absolute Gasteiger partial charge is 0.467 e. The molecule has 1 aromatic carbocycles. The average molecular weight is 432 g/mol. The highest BCUT2D eigenvalue weighted by molar-refractivity contribution is 9.10. The number of ether oxygens (including phenoxy) is 1. The van der Waals surface area contributed by atoms with E-state index in [1.165, 1.54) is 6.07 Å². The molecular formula is C20H18BrNO5. The molecule has 1 atom stereocenters. The SMILES string of the molecule is O=C(c1cc(=O)c2cc(Br)ccc2o1)N(Cc1ccco1)CC1CCCO1. The molecular weight excluding hydrogens is 414 g/mol. The number of carbonyl (C=O) groups excluding carboxylic acids is 1. The first-order valence-electron chi connectivity index (χ1n) is 8.77. The molecule has 27 heavy (non-hydrogen) atoms. The van der Waals surface area contributed by atoms with Gasteiger partial charge in [-0.05, 0) is 43.2 Å². The van der Waals surface area contributed by atoms with E-state index in [0.717, 1.165) is 17.3 Å². The van der Waals surface area contributed by atoms with E-state index in [0.29, 0.717) is 29.9 Å². The second-order valence-electron chi connectivity index (χ2n) is 6.52. The summed E-state index contributed by atoms with van der Waals surface area (Å²) in [6.07, 6.45) is 3.43. The molecule has 0 saturated carbocycles. The Bertz CT molecular complexity index is 1000. The molecule has 3 heterocycles. The number of nitrogens with zero attached hydrogens (tertiary/aromatic N) is 1. The smallest absolute Gasteiger partial charge is 0.290 e. The highest BCUT2D eigenvalue weighted by atomic mass is 79.9. The van der Waals surface area contributed by atoms with Gasteiger partial charge in [0.2, 0.25) is 0 Å². The molecule has 6 nitrogen and oxygen atoms in total. The van der Waals surface area contributed by atoms with E-state index >= 15 is 0 Å². The normalized spacial score (nSPS) is 16.7. The van der Waals surface area contributed by atoms with Crippen LogP contribution >= 0.6 is 15.9 Å². The second-order valence-corrected chi connectivity index (χ2v) is 7.43. The number of amides is 1. The molecule has 0 radical (unpaired) electrons. The Kier molecular flexibility index (Phi) is 5.13. The summed E-state index contributed by atoms with van der Waals surface area (Å²) in [5, 5.41) is 0.428. The molecule has 0 bridgehead atoms. The van der Waals surface area contributed by atoms with Gasteiger partial charge in [-0.1, -0.05) is 15.9 Å². The summed E-state index contributed by atoms with van der Waals surface area (Å²) in [6.45, 7) is 1.41. The quantitative estimate of drug-likeness (QED) is 0.610. The lowest BCUT2D eigenvalue weighted by molar-refractivity contribution is 0.0469. The van der Waals surface area contributed by atoms with E-state index in [1.807, 2.05) is 6.07 Å². The monoisotopic (exact) mass is 431 g/mol. The Morgan fingerprint density at radius 1 is 1.26 bits per heavy atom. The first-order valence-corrected chi connectivity index (χ1v) is 9.56. The first-order chi connectivity index (χ1) is 13.1. The molecule has 1 aliphatic rings. The zero-order valence-electron chi connectivity index (χ0n) is 14.5. The summed E-state index contributed by atoms with van der Waals surface area (Å²) < 4.78 is 17.6. The van der Waals surface area contributed by atoms with Gasteiger partial charge in [0.1, 0.15) is 11.3 Å². The van der Waals surface area contributed by atoms with Crippen molar-refractivity contribution in [3.63, 3.8) is 0 Å². The highest BCUT2D eigenvalue weighted by Crippen LogP contribution is 2.21. The van der Waals surface area contributed by atoms with Crippen LogP contribution in [0, 0.1) is 0 Å². The number of hydrogen-bond donors (Lipinski definition) is 0. The van der Waals surface area contributed by atoms with Crippen molar-refractivity contribution in [1.82, 2.24) is 4.90 Å². The van der Waals surface area contributed by atoms with Crippen LogP contribution in [0.15, 0.2) is 60.8 Å². The van der Waals surface area contributed by atoms with E-state index < -0.39 is 0 Å². The van der Waals surface area contributed by atoms with Crippen LogP contribution < -0.4 is 5.43 Å². The molecule has 2 aromatic heterocycles. The maximum Gasteiger partial charge on any atom is 0.290 e. The highest BCUT2D eigenvalue weighted by Gasteiger charge is 2.26. The molecule has 1 unspecified atom stereocenters. The zero-order valence-corrected chi connectivity index (χ0v) is 16.1. The van der Waals surface area contributed by atoms with Gasteiger partial charge in [-0.25, -0.2) is 0 Å². The van der Waals surface area contributed by atoms with Crippen molar-refractivity contribution >= 4 is 32.8 Å². The van der Waals surface area contributed by atoms with Gasteiger partial charge in [0, 0.05) is 23.7 Å². The van der Waals surface area contributed by atoms with E-state index in [1.54, 1.807) is 35.4 Å². The fraction of sp³-hybridized carbons (Fsp3) is 0.300. The zero-order chi connectivity index (χ0) is 18.8. The molecule has 1 saturated heterocycles. The number of fused-ring (bicyclic) bond motifs is 1. The molecule has 3 aromatic rings. The number of halogens is 1. The van der Waals surface area contributed by atoms with Crippen molar-refractivity contribution in [3.8, 4) is 0 Å². The van der Waals surface area contributed by atoms with Crippen LogP contribution in [0.2, 0.25) is 0 Å². The van der Waals surface area contributed by atoms with Gasteiger partial charge in [-0.2, -0.15) is 0 Å². The minimum atomic E-state index is -0.358. The van der Waals surface area contributed by atoms with Crippen molar-refractivity contribution in [2.75, 3.05) is 13.2 Å². The predicted molar refractivity (Wildman–Crippen MR) is 103 cm³/mol. The molecule has 4 rings (SSSR count). The Labute approximate surface area is 163 Å². The molecule has 0 spiro atoms. The Hall–Kier alpha value is -2.38. The van der Waals surface area contributed by atoms with Crippen LogP contribution in [0.1, 0.15) is 29.2 Å². The fourth-order valence-electron chi connectivity index (χ4n) is 3.23. The van der Waals surface area contributed by atoms with Gasteiger partial charge < -0.3 is 18.5 Å². The van der Waals surface area contributed by atoms with E-state index in [9.17, 15) is 9.59 Å². The third kappa shape index (κ3) is 3.99. The molecule has 140 valence electrons. The lowest BCUT2D eigenvalue weighted by Gasteiger charge is -2.24. The van der Waals surface area contributed by atoms with E-state index in [-0.39, 0.29) is 29.7 Å². The van der Waals surface area contributed by atoms with Gasteiger partial charge in [0.15, 0.2) is 11.2 Å². The molecule has 0 N–H and O–H groups in total. The summed E-state index contributed by atoms with van der Waals surface area (Å²) in [5.74, 6) is 0.316. The minimum Gasteiger partial charge on any atom is -0.467 e. The molecule has 7 heteroatoms. The maximum absolute atomic E-state index is 13.1. The van der Waals surface area contributed by atoms with Gasteiger partial charge in [-0.3, -0.25) is 9.59 Å². The number of furan rings is 1. The Morgan fingerprint density at radius 3 is 2.89 bits per heavy atom.